The van der Waals surface area contributed by atoms with Crippen molar-refractivity contribution in [1.82, 2.24) is 0 Å². The molecular formula is C10H7BrN2O4. The number of methoxy groups -OCH3 is 1. The maximum Gasteiger partial charge on any atom is 0.298 e. The zero-order valence-corrected chi connectivity index (χ0v) is 10.4. The minimum atomic E-state index is -0.742. The van der Waals surface area contributed by atoms with Crippen LogP contribution in [0.3, 0.4) is 0 Å². The Labute approximate surface area is 105 Å². The van der Waals surface area contributed by atoms with Crippen LogP contribution >= 0.6 is 15.9 Å². The van der Waals surface area contributed by atoms with E-state index in [1.807, 2.05) is 0 Å². The maximum absolute atomic E-state index is 11.6. The highest BCUT2D eigenvalue weighted by molar-refractivity contribution is 9.09. The molecule has 0 N–H and O–H groups in total. The number of ketones is 1. The minimum absolute atomic E-state index is 0.0636. The van der Waals surface area contributed by atoms with E-state index in [0.29, 0.717) is 0 Å². The lowest BCUT2D eigenvalue weighted by atomic mass is 10.0. The minimum Gasteiger partial charge on any atom is -0.497 e. The fourth-order valence-electron chi connectivity index (χ4n) is 1.29. The molecule has 0 saturated heterocycles. The van der Waals surface area contributed by atoms with Crippen molar-refractivity contribution in [3.8, 4) is 11.8 Å². The number of rotatable bonds is 4. The first-order valence-electron chi connectivity index (χ1n) is 4.40. The molecule has 6 nitrogen and oxygen atoms in total. The Balaban J connectivity index is 3.59. The van der Waals surface area contributed by atoms with E-state index in [9.17, 15) is 14.9 Å². The van der Waals surface area contributed by atoms with Crippen LogP contribution in [0.25, 0.3) is 0 Å². The molecule has 17 heavy (non-hydrogen) atoms. The molecule has 0 saturated carbocycles. The Morgan fingerprint density at radius 3 is 2.71 bits per heavy atom. The summed E-state index contributed by atoms with van der Waals surface area (Å²) in [5, 5.41) is 19.6. The van der Waals surface area contributed by atoms with Gasteiger partial charge in [0.2, 0.25) is 0 Å². The molecule has 1 aromatic rings. The molecule has 0 aromatic heterocycles. The van der Waals surface area contributed by atoms with Gasteiger partial charge < -0.3 is 4.74 Å². The summed E-state index contributed by atoms with van der Waals surface area (Å²) < 4.78 is 4.89. The van der Waals surface area contributed by atoms with Gasteiger partial charge in [-0.25, -0.2) is 0 Å². The molecule has 0 heterocycles. The quantitative estimate of drug-likeness (QED) is 0.367. The molecular weight excluding hydrogens is 292 g/mol. The largest absolute Gasteiger partial charge is 0.497 e. The average Bonchev–Trinajstić information content (AvgIpc) is 2.35. The van der Waals surface area contributed by atoms with Crippen molar-refractivity contribution in [3.05, 3.63) is 33.4 Å². The second-order valence-electron chi connectivity index (χ2n) is 3.00. The lowest BCUT2D eigenvalue weighted by Gasteiger charge is -2.05. The van der Waals surface area contributed by atoms with Crippen molar-refractivity contribution in [2.24, 2.45) is 0 Å². The molecule has 88 valence electrons. The number of nitro benzene ring substituents is 1. The summed E-state index contributed by atoms with van der Waals surface area (Å²) in [6.07, 6.45) is 0. The van der Waals surface area contributed by atoms with Crippen LogP contribution in [-0.4, -0.2) is 23.1 Å². The monoisotopic (exact) mass is 298 g/mol. The van der Waals surface area contributed by atoms with Crippen molar-refractivity contribution in [3.63, 3.8) is 0 Å². The summed E-state index contributed by atoms with van der Waals surface area (Å²) in [5.41, 5.74) is -0.820. The standard InChI is InChI=1S/C10H7BrN2O4/c1-17-7-2-6(5-12)10(13(15)16)8(3-7)9(14)4-11/h2-3H,4H2,1H3. The number of nitro groups is 1. The number of alkyl halides is 1. The molecule has 0 atom stereocenters. The summed E-state index contributed by atoms with van der Waals surface area (Å²) in [5.74, 6) is -0.247. The Morgan fingerprint density at radius 1 is 1.65 bits per heavy atom. The molecule has 0 unspecified atom stereocenters. The first-order valence-corrected chi connectivity index (χ1v) is 5.53. The zero-order chi connectivity index (χ0) is 13.0. The number of hydrogen-bond donors (Lipinski definition) is 0. The highest BCUT2D eigenvalue weighted by Gasteiger charge is 2.25. The SMILES string of the molecule is COc1cc(C#N)c([N+](=O)[O-])c(C(=O)CBr)c1. The predicted octanol–water partition coefficient (Wildman–Crippen LogP) is 2.05. The van der Waals surface area contributed by atoms with E-state index in [4.69, 9.17) is 10.00 Å². The van der Waals surface area contributed by atoms with Gasteiger partial charge in [-0.2, -0.15) is 5.26 Å². The lowest BCUT2D eigenvalue weighted by molar-refractivity contribution is -0.385. The molecule has 7 heteroatoms. The highest BCUT2D eigenvalue weighted by Crippen LogP contribution is 2.29. The molecule has 1 aromatic carbocycles. The van der Waals surface area contributed by atoms with E-state index >= 15 is 0 Å². The molecule has 0 aliphatic carbocycles. The highest BCUT2D eigenvalue weighted by atomic mass is 79.9. The Bertz CT molecular complexity index is 522. The molecule has 0 radical (unpaired) electrons. The van der Waals surface area contributed by atoms with Gasteiger partial charge in [0.25, 0.3) is 5.69 Å². The first-order chi connectivity index (χ1) is 8.04. The zero-order valence-electron chi connectivity index (χ0n) is 8.77. The van der Waals surface area contributed by atoms with Gasteiger partial charge >= 0.3 is 0 Å². The fourth-order valence-corrected chi connectivity index (χ4v) is 1.59. The topological polar surface area (TPSA) is 93.2 Å². The van der Waals surface area contributed by atoms with Crippen LogP contribution in [0.1, 0.15) is 15.9 Å². The van der Waals surface area contributed by atoms with Crippen LogP contribution < -0.4 is 4.74 Å². The summed E-state index contributed by atoms with van der Waals surface area (Å²) in [7, 11) is 1.35. The third-order valence-corrected chi connectivity index (χ3v) is 2.55. The fraction of sp³-hybridized carbons (Fsp3) is 0.200. The predicted molar refractivity (Wildman–Crippen MR) is 62.5 cm³/mol. The van der Waals surface area contributed by atoms with Crippen molar-refractivity contribution in [1.29, 1.82) is 5.26 Å². The number of nitriles is 1. The van der Waals surface area contributed by atoms with Gasteiger partial charge in [0, 0.05) is 6.07 Å². The van der Waals surface area contributed by atoms with E-state index in [1.165, 1.54) is 19.2 Å². The number of carbonyl (C=O) groups excluding carboxylic acids is 1. The number of carbonyl (C=O) groups is 1. The van der Waals surface area contributed by atoms with Crippen LogP contribution in [0.5, 0.6) is 5.75 Å². The Morgan fingerprint density at radius 2 is 2.29 bits per heavy atom. The molecule has 0 aliphatic heterocycles. The van der Waals surface area contributed by atoms with E-state index < -0.39 is 16.4 Å². The molecule has 1 rings (SSSR count). The lowest BCUT2D eigenvalue weighted by Crippen LogP contribution is -2.07. The summed E-state index contributed by atoms with van der Waals surface area (Å²) in [4.78, 5) is 21.7. The Kier molecular flexibility index (Phi) is 4.17. The third-order valence-electron chi connectivity index (χ3n) is 2.04. The van der Waals surface area contributed by atoms with Crippen LogP contribution in [-0.2, 0) is 0 Å². The normalized spacial score (nSPS) is 9.47. The van der Waals surface area contributed by atoms with Gasteiger partial charge in [-0.1, -0.05) is 15.9 Å². The Hall–Kier alpha value is -1.94. The van der Waals surface area contributed by atoms with Gasteiger partial charge in [-0.15, -0.1) is 0 Å². The smallest absolute Gasteiger partial charge is 0.298 e. The van der Waals surface area contributed by atoms with Crippen molar-refractivity contribution in [2.75, 3.05) is 12.4 Å². The summed E-state index contributed by atoms with van der Waals surface area (Å²) >= 11 is 2.93. The number of benzene rings is 1. The molecule has 0 bridgehead atoms. The number of ether oxygens (including phenoxy) is 1. The van der Waals surface area contributed by atoms with E-state index in [2.05, 4.69) is 15.9 Å². The van der Waals surface area contributed by atoms with Gasteiger partial charge in [0.1, 0.15) is 22.9 Å². The van der Waals surface area contributed by atoms with Crippen LogP contribution in [0.15, 0.2) is 12.1 Å². The molecule has 0 aliphatic rings. The number of nitrogens with zero attached hydrogens (tertiary/aromatic N) is 2. The van der Waals surface area contributed by atoms with Crippen molar-refractivity contribution >= 4 is 27.4 Å². The van der Waals surface area contributed by atoms with Crippen LogP contribution in [0.2, 0.25) is 0 Å². The first kappa shape index (κ1) is 13.1. The van der Waals surface area contributed by atoms with Crippen LogP contribution in [0, 0.1) is 21.4 Å². The summed E-state index contributed by atoms with van der Waals surface area (Å²) in [6, 6.07) is 4.16. The number of halogens is 1. The summed E-state index contributed by atoms with van der Waals surface area (Å²) in [6.45, 7) is 0. The molecule has 0 spiro atoms. The van der Waals surface area contributed by atoms with Crippen molar-refractivity contribution in [2.45, 2.75) is 0 Å². The third kappa shape index (κ3) is 2.60. The average molecular weight is 299 g/mol. The molecule has 0 amide bonds. The van der Waals surface area contributed by atoms with Gasteiger partial charge in [-0.3, -0.25) is 14.9 Å². The van der Waals surface area contributed by atoms with Crippen LogP contribution in [0.4, 0.5) is 5.69 Å². The number of Topliss-reactive ketones (excluding diaryl/α,β-unsaturated/α-hetero) is 1. The molecule has 0 fully saturated rings. The van der Waals surface area contributed by atoms with E-state index in [0.717, 1.165) is 0 Å². The van der Waals surface area contributed by atoms with E-state index in [-0.39, 0.29) is 22.2 Å². The van der Waals surface area contributed by atoms with Crippen molar-refractivity contribution < 1.29 is 14.5 Å². The maximum atomic E-state index is 11.6. The van der Waals surface area contributed by atoms with Gasteiger partial charge in [-0.05, 0) is 6.07 Å². The second kappa shape index (κ2) is 5.41. The number of hydrogen-bond acceptors (Lipinski definition) is 5. The van der Waals surface area contributed by atoms with Gasteiger partial charge in [0.15, 0.2) is 5.78 Å². The van der Waals surface area contributed by atoms with E-state index in [1.54, 1.807) is 6.07 Å². The second-order valence-corrected chi connectivity index (χ2v) is 3.56. The van der Waals surface area contributed by atoms with Gasteiger partial charge in [0.05, 0.1) is 17.4 Å².